The van der Waals surface area contributed by atoms with Crippen molar-refractivity contribution in [1.29, 1.82) is 0 Å². The van der Waals surface area contributed by atoms with Crippen molar-refractivity contribution < 1.29 is 10.0 Å². The van der Waals surface area contributed by atoms with Gasteiger partial charge in [-0.05, 0) is 22.0 Å². The molecule has 0 aliphatic rings. The van der Waals surface area contributed by atoms with E-state index in [-0.39, 0.29) is 6.54 Å². The molecule has 0 atom stereocenters. The highest BCUT2D eigenvalue weighted by molar-refractivity contribution is 9.10. The standard InChI is InChI=1S/C7H9BrN2O2S/c8-5-3-6(13-4-5)1-2-10(12)7(9)11/h3-4,12H,1-2H2,(H2,9,11). The maximum atomic E-state index is 10.4. The molecule has 0 aliphatic heterocycles. The molecule has 0 spiro atoms. The van der Waals surface area contributed by atoms with Crippen LogP contribution < -0.4 is 5.73 Å². The van der Waals surface area contributed by atoms with Crippen LogP contribution in [-0.4, -0.2) is 22.8 Å². The number of nitrogens with two attached hydrogens (primary N) is 1. The summed E-state index contributed by atoms with van der Waals surface area (Å²) in [6.07, 6.45) is 0.607. The van der Waals surface area contributed by atoms with Crippen LogP contribution in [0.15, 0.2) is 15.9 Å². The van der Waals surface area contributed by atoms with Gasteiger partial charge in [0.2, 0.25) is 0 Å². The third-order valence-electron chi connectivity index (χ3n) is 1.45. The number of primary amides is 1. The van der Waals surface area contributed by atoms with Gasteiger partial charge in [-0.25, -0.2) is 9.86 Å². The predicted molar refractivity (Wildman–Crippen MR) is 53.8 cm³/mol. The minimum Gasteiger partial charge on any atom is -0.350 e. The molecule has 1 aromatic heterocycles. The van der Waals surface area contributed by atoms with Crippen LogP contribution in [0.2, 0.25) is 0 Å². The summed E-state index contributed by atoms with van der Waals surface area (Å²) in [5.41, 5.74) is 4.84. The number of hydrogen-bond donors (Lipinski definition) is 2. The molecule has 2 amide bonds. The van der Waals surface area contributed by atoms with Crippen molar-refractivity contribution in [1.82, 2.24) is 5.06 Å². The quantitative estimate of drug-likeness (QED) is 0.646. The van der Waals surface area contributed by atoms with Crippen LogP contribution >= 0.6 is 27.3 Å². The van der Waals surface area contributed by atoms with Gasteiger partial charge in [0.1, 0.15) is 0 Å². The topological polar surface area (TPSA) is 66.6 Å². The lowest BCUT2D eigenvalue weighted by molar-refractivity contribution is -0.0380. The number of carbonyl (C=O) groups is 1. The second-order valence-corrected chi connectivity index (χ2v) is 4.35. The van der Waals surface area contributed by atoms with Crippen molar-refractivity contribution in [2.45, 2.75) is 6.42 Å². The Labute approximate surface area is 88.0 Å². The largest absolute Gasteiger partial charge is 0.350 e. The number of amides is 2. The van der Waals surface area contributed by atoms with Crippen molar-refractivity contribution in [2.75, 3.05) is 6.54 Å². The highest BCUT2D eigenvalue weighted by Crippen LogP contribution is 2.19. The van der Waals surface area contributed by atoms with E-state index in [4.69, 9.17) is 10.9 Å². The normalized spacial score (nSPS) is 10.0. The molecule has 6 heteroatoms. The van der Waals surface area contributed by atoms with E-state index in [1.54, 1.807) is 11.3 Å². The number of hydrogen-bond acceptors (Lipinski definition) is 3. The Balaban J connectivity index is 2.39. The molecule has 0 saturated heterocycles. The fraction of sp³-hybridized carbons (Fsp3) is 0.286. The summed E-state index contributed by atoms with van der Waals surface area (Å²) >= 11 is 4.88. The fourth-order valence-electron chi connectivity index (χ4n) is 0.811. The average molecular weight is 265 g/mol. The zero-order valence-corrected chi connectivity index (χ0v) is 9.14. The lowest BCUT2D eigenvalue weighted by Gasteiger charge is -2.09. The smallest absolute Gasteiger partial charge is 0.338 e. The molecular formula is C7H9BrN2O2S. The van der Waals surface area contributed by atoms with Gasteiger partial charge in [0.15, 0.2) is 0 Å². The van der Waals surface area contributed by atoms with Crippen LogP contribution in [0.3, 0.4) is 0 Å². The van der Waals surface area contributed by atoms with E-state index in [2.05, 4.69) is 15.9 Å². The number of halogens is 1. The van der Waals surface area contributed by atoms with Crippen molar-refractivity contribution in [2.24, 2.45) is 5.73 Å². The maximum absolute atomic E-state index is 10.4. The summed E-state index contributed by atoms with van der Waals surface area (Å²) in [5.74, 6) is 0. The van der Waals surface area contributed by atoms with Gasteiger partial charge in [0.05, 0.1) is 6.54 Å². The number of carbonyl (C=O) groups excluding carboxylic acids is 1. The van der Waals surface area contributed by atoms with Crippen LogP contribution in [0.4, 0.5) is 4.79 Å². The number of thiophene rings is 1. The first kappa shape index (κ1) is 10.5. The number of nitrogens with zero attached hydrogens (tertiary/aromatic N) is 1. The molecule has 0 aromatic carbocycles. The second kappa shape index (κ2) is 4.59. The first-order chi connectivity index (χ1) is 6.09. The van der Waals surface area contributed by atoms with Crippen LogP contribution in [0.25, 0.3) is 0 Å². The number of rotatable bonds is 3. The Morgan fingerprint density at radius 3 is 2.92 bits per heavy atom. The van der Waals surface area contributed by atoms with Gasteiger partial charge >= 0.3 is 6.03 Å². The molecule has 3 N–H and O–H groups in total. The van der Waals surface area contributed by atoms with E-state index < -0.39 is 6.03 Å². The van der Waals surface area contributed by atoms with Gasteiger partial charge in [0.25, 0.3) is 0 Å². The summed E-state index contributed by atoms with van der Waals surface area (Å²) < 4.78 is 1.01. The van der Waals surface area contributed by atoms with E-state index in [0.717, 1.165) is 9.35 Å². The number of hydroxylamine groups is 2. The van der Waals surface area contributed by atoms with Crippen LogP contribution in [0, 0.1) is 0 Å². The van der Waals surface area contributed by atoms with E-state index in [1.165, 1.54) is 0 Å². The van der Waals surface area contributed by atoms with Crippen LogP contribution in [0.1, 0.15) is 4.88 Å². The number of urea groups is 1. The van der Waals surface area contributed by atoms with Gasteiger partial charge in [-0.15, -0.1) is 11.3 Å². The highest BCUT2D eigenvalue weighted by atomic mass is 79.9. The van der Waals surface area contributed by atoms with Gasteiger partial charge in [-0.3, -0.25) is 5.21 Å². The molecule has 0 unspecified atom stereocenters. The SMILES string of the molecule is NC(=O)N(O)CCc1cc(Br)cs1. The van der Waals surface area contributed by atoms with Crippen LogP contribution in [0.5, 0.6) is 0 Å². The van der Waals surface area contributed by atoms with Gasteiger partial charge < -0.3 is 5.73 Å². The van der Waals surface area contributed by atoms with E-state index >= 15 is 0 Å². The van der Waals surface area contributed by atoms with Crippen molar-refractivity contribution in [3.8, 4) is 0 Å². The van der Waals surface area contributed by atoms with E-state index in [1.807, 2.05) is 11.4 Å². The molecule has 0 fully saturated rings. The maximum Gasteiger partial charge on any atom is 0.338 e. The zero-order chi connectivity index (χ0) is 9.84. The first-order valence-electron chi connectivity index (χ1n) is 3.58. The summed E-state index contributed by atoms with van der Waals surface area (Å²) in [4.78, 5) is 11.5. The van der Waals surface area contributed by atoms with Crippen molar-refractivity contribution >= 4 is 33.3 Å². The molecule has 0 bridgehead atoms. The van der Waals surface area contributed by atoms with E-state index in [9.17, 15) is 4.79 Å². The lowest BCUT2D eigenvalue weighted by atomic mass is 10.3. The molecule has 0 aliphatic carbocycles. The Morgan fingerprint density at radius 1 is 1.77 bits per heavy atom. The molecule has 4 nitrogen and oxygen atoms in total. The van der Waals surface area contributed by atoms with Crippen molar-refractivity contribution in [3.05, 3.63) is 20.8 Å². The minimum absolute atomic E-state index is 0.224. The lowest BCUT2D eigenvalue weighted by Crippen LogP contribution is -2.34. The molecule has 72 valence electrons. The third-order valence-corrected chi connectivity index (χ3v) is 3.20. The Bertz CT molecular complexity index is 302. The highest BCUT2D eigenvalue weighted by Gasteiger charge is 2.06. The molecule has 1 aromatic rings. The Morgan fingerprint density at radius 2 is 2.46 bits per heavy atom. The summed E-state index contributed by atoms with van der Waals surface area (Å²) in [7, 11) is 0. The third kappa shape index (κ3) is 3.33. The molecule has 13 heavy (non-hydrogen) atoms. The minimum atomic E-state index is -0.823. The fourth-order valence-corrected chi connectivity index (χ4v) is 2.26. The van der Waals surface area contributed by atoms with Gasteiger partial charge in [-0.1, -0.05) is 0 Å². The average Bonchev–Trinajstić information content (AvgIpc) is 2.47. The van der Waals surface area contributed by atoms with Crippen LogP contribution in [-0.2, 0) is 6.42 Å². The summed E-state index contributed by atoms with van der Waals surface area (Å²) in [6, 6.07) is 1.12. The molecule has 0 radical (unpaired) electrons. The molecular weight excluding hydrogens is 256 g/mol. The van der Waals surface area contributed by atoms with E-state index in [0.29, 0.717) is 11.5 Å². The Kier molecular flexibility index (Phi) is 3.71. The monoisotopic (exact) mass is 264 g/mol. The predicted octanol–water partition coefficient (Wildman–Crippen LogP) is 1.82. The van der Waals surface area contributed by atoms with Gasteiger partial charge in [-0.2, -0.15) is 0 Å². The van der Waals surface area contributed by atoms with Crippen molar-refractivity contribution in [3.63, 3.8) is 0 Å². The molecule has 1 rings (SSSR count). The molecule has 0 saturated carbocycles. The summed E-state index contributed by atoms with van der Waals surface area (Å²) in [6.45, 7) is 0.224. The summed E-state index contributed by atoms with van der Waals surface area (Å²) in [5, 5.41) is 11.4. The Hall–Kier alpha value is -0.590. The first-order valence-corrected chi connectivity index (χ1v) is 5.25. The zero-order valence-electron chi connectivity index (χ0n) is 6.74. The van der Waals surface area contributed by atoms with Gasteiger partial charge in [0, 0.05) is 21.2 Å². The second-order valence-electron chi connectivity index (χ2n) is 2.44. The molecule has 1 heterocycles.